The van der Waals surface area contributed by atoms with Crippen LogP contribution < -0.4 is 9.47 Å². The molecule has 0 saturated heterocycles. The molecule has 3 atom stereocenters. The smallest absolute Gasteiger partial charge is 0.329 e. The van der Waals surface area contributed by atoms with Gasteiger partial charge in [-0.2, -0.15) is 10.5 Å². The van der Waals surface area contributed by atoms with Crippen molar-refractivity contribution in [2.24, 2.45) is 16.7 Å². The van der Waals surface area contributed by atoms with Crippen molar-refractivity contribution in [2.45, 2.75) is 0 Å². The highest BCUT2D eigenvalue weighted by Gasteiger charge is 2.91. The molecule has 140 valence electrons. The lowest BCUT2D eigenvalue weighted by molar-refractivity contribution is -0.153. The number of Topliss-reactive ketones (excluding diaryl/α,β-unsaturated/α-hetero) is 1. The lowest BCUT2D eigenvalue weighted by atomic mass is 9.95. The van der Waals surface area contributed by atoms with Crippen molar-refractivity contribution >= 4 is 17.7 Å². The highest BCUT2D eigenvalue weighted by atomic mass is 16.5. The number of hydrogen-bond donors (Lipinski definition) is 0. The lowest BCUT2D eigenvalue weighted by Gasteiger charge is -2.09. The third kappa shape index (κ3) is 2.40. The summed E-state index contributed by atoms with van der Waals surface area (Å²) >= 11 is 0. The van der Waals surface area contributed by atoms with E-state index in [9.17, 15) is 24.9 Å². The van der Waals surface area contributed by atoms with Crippen LogP contribution in [0.25, 0.3) is 0 Å². The Morgan fingerprint density at radius 2 is 1.37 bits per heavy atom. The second-order valence-electron chi connectivity index (χ2n) is 5.69. The van der Waals surface area contributed by atoms with Gasteiger partial charge in [0.2, 0.25) is 0 Å². The van der Waals surface area contributed by atoms with Crippen molar-refractivity contribution in [1.29, 1.82) is 10.5 Å². The molecule has 0 radical (unpaired) electrons. The number of benzene rings is 1. The first-order valence-electron chi connectivity index (χ1n) is 7.61. The summed E-state index contributed by atoms with van der Waals surface area (Å²) in [6, 6.07) is 7.43. The Labute approximate surface area is 155 Å². The van der Waals surface area contributed by atoms with E-state index in [0.29, 0.717) is 5.75 Å². The number of nitrogens with zero attached hydrogens (tertiary/aromatic N) is 2. The Kier molecular flexibility index (Phi) is 5.09. The Bertz CT molecular complexity index is 858. The fraction of sp³-hybridized carbons (Fsp3) is 0.389. The van der Waals surface area contributed by atoms with Gasteiger partial charge in [-0.1, -0.05) is 0 Å². The Morgan fingerprint density at radius 1 is 0.889 bits per heavy atom. The second-order valence-corrected chi connectivity index (χ2v) is 5.69. The predicted octanol–water partition coefficient (Wildman–Crippen LogP) is 0.882. The van der Waals surface area contributed by atoms with E-state index in [0.717, 1.165) is 14.2 Å². The van der Waals surface area contributed by atoms with Crippen LogP contribution in [-0.2, 0) is 19.1 Å². The summed E-state index contributed by atoms with van der Waals surface area (Å²) < 4.78 is 19.4. The molecule has 0 aliphatic heterocycles. The normalized spacial score (nSPS) is 25.3. The van der Waals surface area contributed by atoms with Crippen LogP contribution in [0.15, 0.2) is 18.2 Å². The number of methoxy groups -OCH3 is 4. The van der Waals surface area contributed by atoms with Gasteiger partial charge in [0.05, 0.1) is 46.5 Å². The van der Waals surface area contributed by atoms with Gasteiger partial charge < -0.3 is 18.9 Å². The third-order valence-corrected chi connectivity index (χ3v) is 4.70. The SMILES string of the molecule is COC(=O)[C@@]1(C#N)C(C(=O)c2ccc(OC)c(OC)c2)[C@@]1(C#N)C(=O)OC. The summed E-state index contributed by atoms with van der Waals surface area (Å²) in [4.78, 5) is 37.6. The van der Waals surface area contributed by atoms with Crippen LogP contribution in [-0.4, -0.2) is 46.2 Å². The fourth-order valence-corrected chi connectivity index (χ4v) is 3.30. The summed E-state index contributed by atoms with van der Waals surface area (Å²) in [5.41, 5.74) is -4.57. The quantitative estimate of drug-likeness (QED) is 0.526. The second kappa shape index (κ2) is 6.96. The summed E-state index contributed by atoms with van der Waals surface area (Å²) in [5.74, 6) is -4.09. The highest BCUT2D eigenvalue weighted by Crippen LogP contribution is 2.70. The summed E-state index contributed by atoms with van der Waals surface area (Å²) in [6.45, 7) is 0. The molecular weight excluding hydrogens is 356 g/mol. The van der Waals surface area contributed by atoms with Gasteiger partial charge in [0, 0.05) is 5.56 Å². The Morgan fingerprint density at radius 3 is 1.74 bits per heavy atom. The van der Waals surface area contributed by atoms with Crippen molar-refractivity contribution in [3.63, 3.8) is 0 Å². The van der Waals surface area contributed by atoms with E-state index >= 15 is 0 Å². The molecule has 1 aliphatic rings. The molecule has 0 spiro atoms. The Balaban J connectivity index is 2.63. The zero-order chi connectivity index (χ0) is 20.4. The maximum absolute atomic E-state index is 13.1. The van der Waals surface area contributed by atoms with Gasteiger partial charge in [-0.3, -0.25) is 14.4 Å². The molecular formula is C18H16N2O7. The van der Waals surface area contributed by atoms with Crippen molar-refractivity contribution in [1.82, 2.24) is 0 Å². The Hall–Kier alpha value is -3.59. The molecule has 0 bridgehead atoms. The van der Waals surface area contributed by atoms with E-state index in [1.807, 2.05) is 0 Å². The molecule has 0 aromatic heterocycles. The topological polar surface area (TPSA) is 136 Å². The number of carbonyl (C=O) groups is 3. The minimum absolute atomic E-state index is 0.0298. The number of ketones is 1. The molecule has 9 nitrogen and oxygen atoms in total. The average molecular weight is 372 g/mol. The molecule has 1 saturated carbocycles. The number of ether oxygens (including phenoxy) is 4. The number of carbonyl (C=O) groups excluding carboxylic acids is 3. The van der Waals surface area contributed by atoms with Gasteiger partial charge >= 0.3 is 11.9 Å². The number of rotatable bonds is 6. The maximum Gasteiger partial charge on any atom is 0.329 e. The first kappa shape index (κ1) is 19.7. The first-order valence-corrected chi connectivity index (χ1v) is 7.61. The van der Waals surface area contributed by atoms with Gasteiger partial charge in [-0.05, 0) is 18.2 Å². The van der Waals surface area contributed by atoms with Gasteiger partial charge in [0.1, 0.15) is 0 Å². The molecule has 1 aromatic carbocycles. The molecule has 1 unspecified atom stereocenters. The van der Waals surface area contributed by atoms with Crippen LogP contribution in [0.4, 0.5) is 0 Å². The largest absolute Gasteiger partial charge is 0.493 e. The number of nitriles is 2. The first-order chi connectivity index (χ1) is 12.9. The summed E-state index contributed by atoms with van der Waals surface area (Å²) in [7, 11) is 4.77. The molecule has 2 rings (SSSR count). The molecule has 0 N–H and O–H groups in total. The molecule has 27 heavy (non-hydrogen) atoms. The van der Waals surface area contributed by atoms with E-state index in [4.69, 9.17) is 9.47 Å². The van der Waals surface area contributed by atoms with Crippen LogP contribution in [0.5, 0.6) is 11.5 Å². The van der Waals surface area contributed by atoms with Crippen molar-refractivity contribution in [3.05, 3.63) is 23.8 Å². The fourth-order valence-electron chi connectivity index (χ4n) is 3.30. The standard InChI is InChI=1S/C18H16N2O7/c1-24-11-6-5-10(7-12(11)25-2)13(21)14-17(8-19,15(22)26-3)18(14,9-20)16(23)27-4/h5-7,14H,1-4H3/t14?,17-,18+. The third-order valence-electron chi connectivity index (χ3n) is 4.70. The maximum atomic E-state index is 13.1. The van der Waals surface area contributed by atoms with E-state index in [1.165, 1.54) is 32.4 Å². The number of esters is 2. The van der Waals surface area contributed by atoms with Crippen molar-refractivity contribution in [3.8, 4) is 23.6 Å². The van der Waals surface area contributed by atoms with Gasteiger partial charge in [-0.25, -0.2) is 0 Å². The van der Waals surface area contributed by atoms with Gasteiger partial charge in [0.25, 0.3) is 0 Å². The summed E-state index contributed by atoms with van der Waals surface area (Å²) in [5, 5.41) is 19.2. The van der Waals surface area contributed by atoms with Crippen LogP contribution in [0.2, 0.25) is 0 Å². The zero-order valence-corrected chi connectivity index (χ0v) is 15.1. The van der Waals surface area contributed by atoms with E-state index in [1.54, 1.807) is 12.1 Å². The molecule has 1 aliphatic carbocycles. The molecule has 1 aromatic rings. The van der Waals surface area contributed by atoms with Crippen LogP contribution >= 0.6 is 0 Å². The van der Waals surface area contributed by atoms with Crippen molar-refractivity contribution < 1.29 is 33.3 Å². The van der Waals surface area contributed by atoms with E-state index in [-0.39, 0.29) is 11.3 Å². The molecule has 9 heteroatoms. The van der Waals surface area contributed by atoms with Crippen LogP contribution in [0.1, 0.15) is 10.4 Å². The minimum Gasteiger partial charge on any atom is -0.493 e. The molecule has 0 amide bonds. The predicted molar refractivity (Wildman–Crippen MR) is 87.5 cm³/mol. The van der Waals surface area contributed by atoms with Crippen LogP contribution in [0, 0.1) is 39.4 Å². The van der Waals surface area contributed by atoms with Gasteiger partial charge in [-0.15, -0.1) is 0 Å². The van der Waals surface area contributed by atoms with Crippen LogP contribution in [0.3, 0.4) is 0 Å². The summed E-state index contributed by atoms with van der Waals surface area (Å²) in [6.07, 6.45) is 0. The molecule has 0 heterocycles. The van der Waals surface area contributed by atoms with E-state index < -0.39 is 34.5 Å². The number of hydrogen-bond acceptors (Lipinski definition) is 9. The van der Waals surface area contributed by atoms with Crippen molar-refractivity contribution in [2.75, 3.05) is 28.4 Å². The van der Waals surface area contributed by atoms with E-state index in [2.05, 4.69) is 9.47 Å². The van der Waals surface area contributed by atoms with Gasteiger partial charge in [0.15, 0.2) is 28.1 Å². The zero-order valence-electron chi connectivity index (χ0n) is 15.1. The lowest BCUT2D eigenvalue weighted by Crippen LogP contribution is -2.29. The minimum atomic E-state index is -2.30. The molecule has 1 fully saturated rings. The average Bonchev–Trinajstić information content (AvgIpc) is 3.35. The highest BCUT2D eigenvalue weighted by molar-refractivity contribution is 6.14. The monoisotopic (exact) mass is 372 g/mol.